The summed E-state index contributed by atoms with van der Waals surface area (Å²) in [5.41, 5.74) is 1.46. The predicted molar refractivity (Wildman–Crippen MR) is 131 cm³/mol. The van der Waals surface area contributed by atoms with Crippen molar-refractivity contribution >= 4 is 41.5 Å². The lowest BCUT2D eigenvalue weighted by Crippen LogP contribution is -2.46. The van der Waals surface area contributed by atoms with Crippen molar-refractivity contribution in [3.8, 4) is 11.5 Å². The van der Waals surface area contributed by atoms with E-state index in [0.29, 0.717) is 31.5 Å². The van der Waals surface area contributed by atoms with Gasteiger partial charge in [-0.2, -0.15) is 5.10 Å². The first-order chi connectivity index (χ1) is 14.3. The number of ether oxygens (including phenoxy) is 2. The van der Waals surface area contributed by atoms with Gasteiger partial charge < -0.3 is 25.4 Å². The number of hydrogen-bond donors (Lipinski definition) is 3. The lowest BCUT2D eigenvalue weighted by molar-refractivity contribution is -0.121. The van der Waals surface area contributed by atoms with Crippen molar-refractivity contribution in [2.45, 2.75) is 39.3 Å². The number of aromatic nitrogens is 2. The molecule has 0 radical (unpaired) electrons. The molecule has 0 fully saturated rings. The summed E-state index contributed by atoms with van der Waals surface area (Å²) in [7, 11) is 1.86. The number of rotatable bonds is 5. The maximum absolute atomic E-state index is 12.2. The molecule has 3 N–H and O–H groups in total. The molecule has 0 bridgehead atoms. The van der Waals surface area contributed by atoms with Crippen LogP contribution >= 0.6 is 24.0 Å². The van der Waals surface area contributed by atoms with E-state index in [1.54, 1.807) is 10.9 Å². The van der Waals surface area contributed by atoms with E-state index >= 15 is 0 Å². The quantitative estimate of drug-likeness (QED) is 0.305. The number of guanidine groups is 1. The first kappa shape index (κ1) is 24.8. The molecule has 0 saturated carbocycles. The highest BCUT2D eigenvalue weighted by molar-refractivity contribution is 14.0. The highest BCUT2D eigenvalue weighted by atomic mass is 127. The fourth-order valence-corrected chi connectivity index (χ4v) is 2.87. The fourth-order valence-electron chi connectivity index (χ4n) is 2.87. The van der Waals surface area contributed by atoms with E-state index in [-0.39, 0.29) is 42.0 Å². The largest absolute Gasteiger partial charge is 0.490 e. The standard InChI is InChI=1S/C21H30N6O3.HI/c1-21(2,3)26-19(28)13-23-20(22-11-15-12-24-27(4)14-15)25-16-6-7-17-18(10-16)30-9-5-8-29-17;/h6-7,10,12,14H,5,8-9,11,13H2,1-4H3,(H,26,28)(H2,22,23,25);1H. The summed E-state index contributed by atoms with van der Waals surface area (Å²) in [5.74, 6) is 1.79. The Hall–Kier alpha value is -2.50. The fraction of sp³-hybridized carbons (Fsp3) is 0.476. The smallest absolute Gasteiger partial charge is 0.239 e. The van der Waals surface area contributed by atoms with Crippen molar-refractivity contribution in [3.63, 3.8) is 0 Å². The molecule has 9 nitrogen and oxygen atoms in total. The second kappa shape index (κ2) is 11.2. The van der Waals surface area contributed by atoms with Crippen LogP contribution in [-0.4, -0.2) is 46.9 Å². The van der Waals surface area contributed by atoms with Crippen molar-refractivity contribution in [2.75, 3.05) is 25.1 Å². The minimum Gasteiger partial charge on any atom is -0.490 e. The van der Waals surface area contributed by atoms with Crippen LogP contribution in [0.5, 0.6) is 11.5 Å². The van der Waals surface area contributed by atoms with Crippen molar-refractivity contribution < 1.29 is 14.3 Å². The zero-order valence-corrected chi connectivity index (χ0v) is 20.7. The number of aliphatic imine (C=N–C) groups is 1. The molecule has 0 atom stereocenters. The molecule has 170 valence electrons. The molecule has 10 heteroatoms. The van der Waals surface area contributed by atoms with Crippen LogP contribution in [0.1, 0.15) is 32.8 Å². The monoisotopic (exact) mass is 542 g/mol. The average molecular weight is 542 g/mol. The average Bonchev–Trinajstić information content (AvgIpc) is 2.94. The normalized spacial score (nSPS) is 13.6. The summed E-state index contributed by atoms with van der Waals surface area (Å²) in [5, 5.41) is 13.4. The summed E-state index contributed by atoms with van der Waals surface area (Å²) < 4.78 is 13.2. The number of carbonyl (C=O) groups excluding carboxylic acids is 1. The van der Waals surface area contributed by atoms with Crippen LogP contribution in [0.15, 0.2) is 35.6 Å². The summed E-state index contributed by atoms with van der Waals surface area (Å²) in [4.78, 5) is 16.8. The molecule has 1 aromatic carbocycles. The Bertz CT molecular complexity index is 907. The lowest BCUT2D eigenvalue weighted by atomic mass is 10.1. The van der Waals surface area contributed by atoms with E-state index in [4.69, 9.17) is 9.47 Å². The number of anilines is 1. The lowest BCUT2D eigenvalue weighted by Gasteiger charge is -2.21. The Kier molecular flexibility index (Phi) is 8.96. The molecule has 1 aromatic heterocycles. The van der Waals surface area contributed by atoms with Gasteiger partial charge in [-0.1, -0.05) is 0 Å². The van der Waals surface area contributed by atoms with Gasteiger partial charge in [0.15, 0.2) is 17.5 Å². The number of nitrogens with zero attached hydrogens (tertiary/aromatic N) is 3. The Morgan fingerprint density at radius 2 is 1.97 bits per heavy atom. The van der Waals surface area contributed by atoms with Gasteiger partial charge in [-0.25, -0.2) is 4.99 Å². The third-order valence-electron chi connectivity index (χ3n) is 4.12. The third kappa shape index (κ3) is 8.27. The van der Waals surface area contributed by atoms with Gasteiger partial charge in [-0.3, -0.25) is 9.48 Å². The number of halogens is 1. The third-order valence-corrected chi connectivity index (χ3v) is 4.12. The van der Waals surface area contributed by atoms with E-state index in [1.165, 1.54) is 0 Å². The molecular formula is C21H31IN6O3. The zero-order chi connectivity index (χ0) is 21.6. The first-order valence-electron chi connectivity index (χ1n) is 10.0. The first-order valence-corrected chi connectivity index (χ1v) is 10.0. The van der Waals surface area contributed by atoms with Gasteiger partial charge >= 0.3 is 0 Å². The topological polar surface area (TPSA) is 102 Å². The maximum Gasteiger partial charge on any atom is 0.239 e. The van der Waals surface area contributed by atoms with Crippen molar-refractivity contribution in [2.24, 2.45) is 12.0 Å². The molecule has 0 aliphatic carbocycles. The minimum absolute atomic E-state index is 0. The highest BCUT2D eigenvalue weighted by Gasteiger charge is 2.15. The number of carbonyl (C=O) groups is 1. The molecule has 3 rings (SSSR count). The van der Waals surface area contributed by atoms with Crippen LogP contribution in [-0.2, 0) is 18.4 Å². The van der Waals surface area contributed by atoms with Gasteiger partial charge in [0.05, 0.1) is 32.5 Å². The van der Waals surface area contributed by atoms with E-state index in [2.05, 4.69) is 26.0 Å². The second-order valence-corrected chi connectivity index (χ2v) is 8.18. The van der Waals surface area contributed by atoms with E-state index in [1.807, 2.05) is 52.2 Å². The van der Waals surface area contributed by atoms with E-state index in [9.17, 15) is 4.79 Å². The number of hydrogen-bond acceptors (Lipinski definition) is 5. The van der Waals surface area contributed by atoms with Crippen molar-refractivity contribution in [1.82, 2.24) is 20.4 Å². The molecule has 1 aliphatic rings. The molecular weight excluding hydrogens is 511 g/mol. The van der Waals surface area contributed by atoms with Crippen LogP contribution in [0, 0.1) is 0 Å². The molecule has 0 spiro atoms. The molecule has 1 amide bonds. The maximum atomic E-state index is 12.2. The van der Waals surface area contributed by atoms with E-state index in [0.717, 1.165) is 23.4 Å². The van der Waals surface area contributed by atoms with Crippen molar-refractivity contribution in [3.05, 3.63) is 36.2 Å². The van der Waals surface area contributed by atoms with Crippen LogP contribution in [0.3, 0.4) is 0 Å². The van der Waals surface area contributed by atoms with Crippen molar-refractivity contribution in [1.29, 1.82) is 0 Å². The SMILES string of the molecule is Cn1cc(CN=C(NCC(=O)NC(C)(C)C)Nc2ccc3c(c2)OCCCO3)cn1.I. The second-order valence-electron chi connectivity index (χ2n) is 8.18. The van der Waals surface area contributed by atoms with Gasteiger partial charge in [0.1, 0.15) is 0 Å². The molecule has 1 aliphatic heterocycles. The summed E-state index contributed by atoms with van der Waals surface area (Å²) in [6.45, 7) is 7.61. The van der Waals surface area contributed by atoms with Gasteiger partial charge in [-0.15, -0.1) is 24.0 Å². The van der Waals surface area contributed by atoms with Crippen LogP contribution in [0.25, 0.3) is 0 Å². The predicted octanol–water partition coefficient (Wildman–Crippen LogP) is 2.67. The summed E-state index contributed by atoms with van der Waals surface area (Å²) in [6.07, 6.45) is 4.52. The number of nitrogens with one attached hydrogen (secondary N) is 3. The van der Waals surface area contributed by atoms with Crippen LogP contribution < -0.4 is 25.4 Å². The molecule has 2 aromatic rings. The number of fused-ring (bicyclic) bond motifs is 1. The Morgan fingerprint density at radius 3 is 2.65 bits per heavy atom. The van der Waals surface area contributed by atoms with Crippen LogP contribution in [0.4, 0.5) is 5.69 Å². The van der Waals surface area contributed by atoms with Gasteiger partial charge in [0.25, 0.3) is 0 Å². The molecule has 0 unspecified atom stereocenters. The van der Waals surface area contributed by atoms with Gasteiger partial charge in [0, 0.05) is 42.5 Å². The Balaban J connectivity index is 0.00000341. The highest BCUT2D eigenvalue weighted by Crippen LogP contribution is 2.32. The summed E-state index contributed by atoms with van der Waals surface area (Å²) >= 11 is 0. The van der Waals surface area contributed by atoms with Gasteiger partial charge in [-0.05, 0) is 32.9 Å². The molecule has 2 heterocycles. The Labute approximate surface area is 200 Å². The van der Waals surface area contributed by atoms with Crippen LogP contribution in [0.2, 0.25) is 0 Å². The molecule has 0 saturated heterocycles. The minimum atomic E-state index is -0.298. The Morgan fingerprint density at radius 1 is 1.23 bits per heavy atom. The zero-order valence-electron chi connectivity index (χ0n) is 18.4. The number of benzene rings is 1. The van der Waals surface area contributed by atoms with Gasteiger partial charge in [0.2, 0.25) is 5.91 Å². The number of aryl methyl sites for hydroxylation is 1. The molecule has 31 heavy (non-hydrogen) atoms. The number of amides is 1. The van der Waals surface area contributed by atoms with E-state index < -0.39 is 0 Å². The summed E-state index contributed by atoms with van der Waals surface area (Å²) in [6, 6.07) is 5.63.